The van der Waals surface area contributed by atoms with Gasteiger partial charge in [0.15, 0.2) is 0 Å². The van der Waals surface area contributed by atoms with Gasteiger partial charge in [-0.15, -0.1) is 0 Å². The van der Waals surface area contributed by atoms with Crippen molar-refractivity contribution in [2.24, 2.45) is 0 Å². The summed E-state index contributed by atoms with van der Waals surface area (Å²) in [4.78, 5) is 8.58. The molecule has 0 saturated heterocycles. The molecule has 19 heavy (non-hydrogen) atoms. The Morgan fingerprint density at radius 3 is 2.89 bits per heavy atom. The van der Waals surface area contributed by atoms with Crippen LogP contribution in [0.5, 0.6) is 0 Å². The lowest BCUT2D eigenvalue weighted by Crippen LogP contribution is -1.96. The number of nitrogens with zero attached hydrogens (tertiary/aromatic N) is 2. The fourth-order valence-corrected chi connectivity index (χ4v) is 2.54. The Morgan fingerprint density at radius 2 is 2.05 bits per heavy atom. The predicted molar refractivity (Wildman–Crippen MR) is 81.7 cm³/mol. The number of hydrogen-bond acceptors (Lipinski definition) is 3. The van der Waals surface area contributed by atoms with E-state index in [0.29, 0.717) is 0 Å². The molecular weight excluding hydrogens is 302 g/mol. The Kier molecular flexibility index (Phi) is 3.17. The highest BCUT2D eigenvalue weighted by Crippen LogP contribution is 2.28. The lowest BCUT2D eigenvalue weighted by molar-refractivity contribution is 1.24. The van der Waals surface area contributed by atoms with E-state index < -0.39 is 0 Å². The quantitative estimate of drug-likeness (QED) is 0.759. The molecule has 1 aromatic carbocycles. The lowest BCUT2D eigenvalue weighted by Gasteiger charge is -2.10. The van der Waals surface area contributed by atoms with Crippen LogP contribution in [0.25, 0.3) is 10.8 Å². The molecule has 2 aromatic heterocycles. The van der Waals surface area contributed by atoms with E-state index in [1.165, 1.54) is 0 Å². The summed E-state index contributed by atoms with van der Waals surface area (Å²) in [7, 11) is 0. The van der Waals surface area contributed by atoms with Crippen LogP contribution in [0.2, 0.25) is 0 Å². The van der Waals surface area contributed by atoms with Gasteiger partial charge in [-0.3, -0.25) is 4.98 Å². The van der Waals surface area contributed by atoms with Crippen molar-refractivity contribution in [2.45, 2.75) is 6.92 Å². The van der Waals surface area contributed by atoms with E-state index in [1.54, 1.807) is 6.20 Å². The highest BCUT2D eigenvalue weighted by atomic mass is 79.9. The molecule has 3 rings (SSSR count). The Bertz CT molecular complexity index is 735. The molecule has 0 amide bonds. The fraction of sp³-hybridized carbons (Fsp3) is 0.0667. The maximum atomic E-state index is 4.40. The summed E-state index contributed by atoms with van der Waals surface area (Å²) in [6.45, 7) is 2.02. The van der Waals surface area contributed by atoms with Gasteiger partial charge in [0.2, 0.25) is 0 Å². The monoisotopic (exact) mass is 313 g/mol. The van der Waals surface area contributed by atoms with Gasteiger partial charge in [-0.25, -0.2) is 4.98 Å². The van der Waals surface area contributed by atoms with Gasteiger partial charge in [0, 0.05) is 29.7 Å². The molecule has 0 radical (unpaired) electrons. The topological polar surface area (TPSA) is 37.8 Å². The van der Waals surface area contributed by atoms with Crippen molar-refractivity contribution in [1.29, 1.82) is 0 Å². The molecule has 4 heteroatoms. The van der Waals surface area contributed by atoms with Gasteiger partial charge in [-0.1, -0.05) is 12.1 Å². The molecule has 0 spiro atoms. The van der Waals surface area contributed by atoms with Crippen LogP contribution in [-0.2, 0) is 0 Å². The van der Waals surface area contributed by atoms with Gasteiger partial charge in [-0.2, -0.15) is 0 Å². The van der Waals surface area contributed by atoms with Crippen molar-refractivity contribution in [3.8, 4) is 0 Å². The molecular formula is C15H12BrN3. The van der Waals surface area contributed by atoms with Crippen molar-refractivity contribution in [3.05, 3.63) is 59.0 Å². The molecule has 3 aromatic rings. The first-order valence-corrected chi connectivity index (χ1v) is 6.75. The number of aromatic nitrogens is 2. The van der Waals surface area contributed by atoms with Crippen molar-refractivity contribution in [2.75, 3.05) is 5.32 Å². The van der Waals surface area contributed by atoms with E-state index in [1.807, 2.05) is 43.6 Å². The molecule has 0 aliphatic rings. The van der Waals surface area contributed by atoms with Crippen LogP contribution < -0.4 is 5.32 Å². The number of benzene rings is 1. The van der Waals surface area contributed by atoms with Crippen molar-refractivity contribution < 1.29 is 0 Å². The van der Waals surface area contributed by atoms with Gasteiger partial charge in [0.25, 0.3) is 0 Å². The SMILES string of the molecule is Cc1cnc(Nc2cccc3ccncc23)c(Br)c1. The van der Waals surface area contributed by atoms with Crippen molar-refractivity contribution in [1.82, 2.24) is 9.97 Å². The number of nitrogens with one attached hydrogen (secondary N) is 1. The number of fused-ring (bicyclic) bond motifs is 1. The zero-order valence-electron chi connectivity index (χ0n) is 10.4. The smallest absolute Gasteiger partial charge is 0.144 e. The van der Waals surface area contributed by atoms with E-state index in [4.69, 9.17) is 0 Å². The Labute approximate surface area is 119 Å². The third-order valence-electron chi connectivity index (χ3n) is 2.91. The van der Waals surface area contributed by atoms with Crippen LogP contribution in [0.15, 0.2) is 53.4 Å². The molecule has 1 N–H and O–H groups in total. The molecule has 0 bridgehead atoms. The molecule has 3 nitrogen and oxygen atoms in total. The largest absolute Gasteiger partial charge is 0.339 e. The van der Waals surface area contributed by atoms with Crippen LogP contribution in [0.4, 0.5) is 11.5 Å². The minimum absolute atomic E-state index is 0.807. The van der Waals surface area contributed by atoms with E-state index in [2.05, 4.69) is 37.3 Å². The van der Waals surface area contributed by atoms with Crippen LogP contribution in [0.1, 0.15) is 5.56 Å². The van der Waals surface area contributed by atoms with Crippen LogP contribution in [0.3, 0.4) is 0 Å². The number of hydrogen-bond donors (Lipinski definition) is 1. The minimum Gasteiger partial charge on any atom is -0.339 e. The highest BCUT2D eigenvalue weighted by molar-refractivity contribution is 9.10. The molecule has 0 saturated carbocycles. The normalized spacial score (nSPS) is 10.6. The molecule has 0 fully saturated rings. The van der Waals surface area contributed by atoms with Crippen molar-refractivity contribution in [3.63, 3.8) is 0 Å². The number of anilines is 2. The number of rotatable bonds is 2. The van der Waals surface area contributed by atoms with E-state index in [9.17, 15) is 0 Å². The van der Waals surface area contributed by atoms with Gasteiger partial charge in [0.05, 0.1) is 4.47 Å². The van der Waals surface area contributed by atoms with E-state index in [-0.39, 0.29) is 0 Å². The molecule has 0 aliphatic heterocycles. The zero-order valence-corrected chi connectivity index (χ0v) is 12.0. The maximum Gasteiger partial charge on any atom is 0.144 e. The molecule has 0 unspecified atom stereocenters. The number of halogens is 1. The Balaban J connectivity index is 2.06. The van der Waals surface area contributed by atoms with E-state index >= 15 is 0 Å². The van der Waals surface area contributed by atoms with Gasteiger partial charge >= 0.3 is 0 Å². The fourth-order valence-electron chi connectivity index (χ4n) is 1.98. The van der Waals surface area contributed by atoms with Gasteiger partial charge < -0.3 is 5.32 Å². The highest BCUT2D eigenvalue weighted by Gasteiger charge is 2.05. The summed E-state index contributed by atoms with van der Waals surface area (Å²) < 4.78 is 0.952. The minimum atomic E-state index is 0.807. The second kappa shape index (κ2) is 4.97. The van der Waals surface area contributed by atoms with Crippen LogP contribution in [0, 0.1) is 6.92 Å². The third kappa shape index (κ3) is 2.44. The summed E-state index contributed by atoms with van der Waals surface area (Å²) >= 11 is 3.53. The summed E-state index contributed by atoms with van der Waals surface area (Å²) in [6.07, 6.45) is 5.50. The first-order chi connectivity index (χ1) is 9.24. The summed E-state index contributed by atoms with van der Waals surface area (Å²) in [5.41, 5.74) is 2.12. The first-order valence-electron chi connectivity index (χ1n) is 5.96. The van der Waals surface area contributed by atoms with E-state index in [0.717, 1.165) is 32.3 Å². The van der Waals surface area contributed by atoms with Crippen LogP contribution in [-0.4, -0.2) is 9.97 Å². The Hall–Kier alpha value is -1.94. The third-order valence-corrected chi connectivity index (χ3v) is 3.52. The second-order valence-corrected chi connectivity index (χ2v) is 5.22. The average molecular weight is 314 g/mol. The summed E-state index contributed by atoms with van der Waals surface area (Å²) in [5.74, 6) is 0.807. The number of pyridine rings is 2. The molecule has 94 valence electrons. The lowest BCUT2D eigenvalue weighted by atomic mass is 10.1. The zero-order chi connectivity index (χ0) is 13.2. The maximum absolute atomic E-state index is 4.40. The second-order valence-electron chi connectivity index (χ2n) is 4.37. The first kappa shape index (κ1) is 12.1. The van der Waals surface area contributed by atoms with Crippen LogP contribution >= 0.6 is 15.9 Å². The average Bonchev–Trinajstić information content (AvgIpc) is 2.42. The number of aryl methyl sites for hydroxylation is 1. The molecule has 0 atom stereocenters. The summed E-state index contributed by atoms with van der Waals surface area (Å²) in [6, 6.07) is 10.2. The Morgan fingerprint density at radius 1 is 1.16 bits per heavy atom. The van der Waals surface area contributed by atoms with Gasteiger partial charge in [-0.05, 0) is 52.0 Å². The van der Waals surface area contributed by atoms with Gasteiger partial charge in [0.1, 0.15) is 5.82 Å². The van der Waals surface area contributed by atoms with Crippen molar-refractivity contribution >= 4 is 38.2 Å². The summed E-state index contributed by atoms with van der Waals surface area (Å²) in [5, 5.41) is 5.58. The molecule has 0 aliphatic carbocycles. The molecule has 2 heterocycles. The predicted octanol–water partition coefficient (Wildman–Crippen LogP) is 4.44. The standard InChI is InChI=1S/C15H12BrN3/c1-10-7-13(16)15(18-8-10)19-14-4-2-3-11-5-6-17-9-12(11)14/h2-9H,1H3,(H,18,19).